The Kier molecular flexibility index (Phi) is 6.34. The van der Waals surface area contributed by atoms with Crippen molar-refractivity contribution in [1.29, 1.82) is 0 Å². The largest absolute Gasteiger partial charge is 0.494 e. The van der Waals surface area contributed by atoms with Crippen molar-refractivity contribution in [2.24, 2.45) is 0 Å². The van der Waals surface area contributed by atoms with E-state index in [9.17, 15) is 13.0 Å². The molecule has 0 aliphatic rings. The molecule has 0 aliphatic carbocycles. The zero-order chi connectivity index (χ0) is 15.9. The lowest BCUT2D eigenvalue weighted by atomic mass is 10.2. The van der Waals surface area contributed by atoms with Gasteiger partial charge in [0.05, 0.1) is 12.4 Å². The summed E-state index contributed by atoms with van der Waals surface area (Å²) in [5.74, 6) is 0.261. The van der Waals surface area contributed by atoms with Gasteiger partial charge in [0.15, 0.2) is 0 Å². The minimum Gasteiger partial charge on any atom is -0.494 e. The van der Waals surface area contributed by atoms with E-state index in [1.807, 2.05) is 0 Å². The SMILES string of the molecule is O=[S@](CCCOc1ccc(F)cc1)Cc1c(F)cccc1Cl. The molecule has 0 spiro atoms. The van der Waals surface area contributed by atoms with Crippen LogP contribution in [0.2, 0.25) is 5.02 Å². The number of hydrogen-bond acceptors (Lipinski definition) is 2. The first kappa shape index (κ1) is 16.9. The second-order valence-electron chi connectivity index (χ2n) is 4.64. The van der Waals surface area contributed by atoms with Gasteiger partial charge < -0.3 is 4.74 Å². The van der Waals surface area contributed by atoms with Crippen LogP contribution in [-0.2, 0) is 16.6 Å². The highest BCUT2D eigenvalue weighted by molar-refractivity contribution is 7.84. The van der Waals surface area contributed by atoms with Crippen molar-refractivity contribution < 1.29 is 17.7 Å². The molecule has 0 aliphatic heterocycles. The van der Waals surface area contributed by atoms with E-state index in [-0.39, 0.29) is 22.2 Å². The summed E-state index contributed by atoms with van der Waals surface area (Å²) >= 11 is 5.90. The van der Waals surface area contributed by atoms with Gasteiger partial charge in [0, 0.05) is 27.1 Å². The predicted octanol–water partition coefficient (Wildman–Crippen LogP) is 4.34. The molecule has 6 heteroatoms. The molecular formula is C16H15ClF2O2S. The summed E-state index contributed by atoms with van der Waals surface area (Å²) in [6, 6.07) is 10.1. The fraction of sp³-hybridized carbons (Fsp3) is 0.250. The predicted molar refractivity (Wildman–Crippen MR) is 84.6 cm³/mol. The third kappa shape index (κ3) is 5.07. The molecule has 0 aromatic heterocycles. The van der Waals surface area contributed by atoms with E-state index >= 15 is 0 Å². The van der Waals surface area contributed by atoms with Crippen LogP contribution >= 0.6 is 11.6 Å². The van der Waals surface area contributed by atoms with Crippen molar-refractivity contribution >= 4 is 22.4 Å². The Balaban J connectivity index is 1.75. The van der Waals surface area contributed by atoms with E-state index < -0.39 is 16.6 Å². The summed E-state index contributed by atoms with van der Waals surface area (Å²) in [6.07, 6.45) is 0.552. The average Bonchev–Trinajstić information content (AvgIpc) is 2.49. The Morgan fingerprint density at radius 3 is 2.50 bits per heavy atom. The maximum Gasteiger partial charge on any atom is 0.128 e. The van der Waals surface area contributed by atoms with Crippen molar-refractivity contribution in [1.82, 2.24) is 0 Å². The lowest BCUT2D eigenvalue weighted by Gasteiger charge is -2.07. The van der Waals surface area contributed by atoms with Crippen molar-refractivity contribution in [2.45, 2.75) is 12.2 Å². The highest BCUT2D eigenvalue weighted by Gasteiger charge is 2.10. The monoisotopic (exact) mass is 344 g/mol. The van der Waals surface area contributed by atoms with E-state index in [4.69, 9.17) is 16.3 Å². The molecule has 0 unspecified atom stereocenters. The summed E-state index contributed by atoms with van der Waals surface area (Å²) < 4.78 is 43.7. The maximum absolute atomic E-state index is 13.6. The van der Waals surface area contributed by atoms with Crippen LogP contribution < -0.4 is 4.74 Å². The van der Waals surface area contributed by atoms with Gasteiger partial charge in [0.2, 0.25) is 0 Å². The molecule has 0 amide bonds. The summed E-state index contributed by atoms with van der Waals surface area (Å²) in [4.78, 5) is 0. The van der Waals surface area contributed by atoms with Crippen molar-refractivity contribution in [3.05, 3.63) is 64.7 Å². The molecule has 0 bridgehead atoms. The van der Waals surface area contributed by atoms with Crippen LogP contribution in [0.25, 0.3) is 0 Å². The van der Waals surface area contributed by atoms with Crippen molar-refractivity contribution in [3.63, 3.8) is 0 Å². The van der Waals surface area contributed by atoms with Gasteiger partial charge in [-0.25, -0.2) is 8.78 Å². The Labute approximate surface area is 135 Å². The molecule has 0 heterocycles. The van der Waals surface area contributed by atoms with Crippen LogP contribution in [0.5, 0.6) is 5.75 Å². The normalized spacial score (nSPS) is 12.1. The van der Waals surface area contributed by atoms with Crippen LogP contribution in [0, 0.1) is 11.6 Å². The van der Waals surface area contributed by atoms with Gasteiger partial charge in [0.25, 0.3) is 0 Å². The van der Waals surface area contributed by atoms with Gasteiger partial charge in [-0.15, -0.1) is 0 Å². The Morgan fingerprint density at radius 2 is 1.82 bits per heavy atom. The highest BCUT2D eigenvalue weighted by Crippen LogP contribution is 2.20. The second kappa shape index (κ2) is 8.25. The van der Waals surface area contributed by atoms with E-state index in [0.717, 1.165) is 0 Å². The topological polar surface area (TPSA) is 26.3 Å². The second-order valence-corrected chi connectivity index (χ2v) is 6.63. The third-order valence-corrected chi connectivity index (χ3v) is 4.67. The molecule has 0 fully saturated rings. The summed E-state index contributed by atoms with van der Waals surface area (Å²) in [7, 11) is -1.22. The molecule has 0 saturated carbocycles. The molecule has 2 aromatic rings. The lowest BCUT2D eigenvalue weighted by molar-refractivity contribution is 0.318. The molecule has 2 rings (SSSR count). The average molecular weight is 345 g/mol. The molecule has 0 N–H and O–H groups in total. The van der Waals surface area contributed by atoms with Crippen molar-refractivity contribution in [3.8, 4) is 5.75 Å². The first-order chi connectivity index (χ1) is 10.6. The number of ether oxygens (including phenoxy) is 1. The van der Waals surface area contributed by atoms with Crippen LogP contribution in [0.15, 0.2) is 42.5 Å². The third-order valence-electron chi connectivity index (χ3n) is 2.97. The first-order valence-electron chi connectivity index (χ1n) is 6.72. The molecule has 2 aromatic carbocycles. The summed E-state index contributed by atoms with van der Waals surface area (Å²) in [6.45, 7) is 0.363. The standard InChI is InChI=1S/C16H15ClF2O2S/c17-15-3-1-4-16(19)14(15)11-22(20)10-2-9-21-13-7-5-12(18)6-8-13/h1,3-8H,2,9-11H2/t22-/m1/s1. The zero-order valence-electron chi connectivity index (χ0n) is 11.7. The van der Waals surface area contributed by atoms with Crippen LogP contribution in [0.4, 0.5) is 8.78 Å². The first-order valence-corrected chi connectivity index (χ1v) is 8.59. The van der Waals surface area contributed by atoms with E-state index in [1.54, 1.807) is 6.07 Å². The smallest absolute Gasteiger partial charge is 0.128 e. The fourth-order valence-electron chi connectivity index (χ4n) is 1.84. The van der Waals surface area contributed by atoms with Gasteiger partial charge in [-0.3, -0.25) is 4.21 Å². The lowest BCUT2D eigenvalue weighted by Crippen LogP contribution is -2.07. The van der Waals surface area contributed by atoms with E-state index in [0.29, 0.717) is 24.5 Å². The minimum atomic E-state index is -1.22. The van der Waals surface area contributed by atoms with Crippen molar-refractivity contribution in [2.75, 3.05) is 12.4 Å². The molecule has 1 atom stereocenters. The minimum absolute atomic E-state index is 0.0854. The van der Waals surface area contributed by atoms with Gasteiger partial charge >= 0.3 is 0 Å². The Bertz CT molecular complexity index is 627. The van der Waals surface area contributed by atoms with E-state index in [1.165, 1.54) is 36.4 Å². The molecule has 118 valence electrons. The number of hydrogen-bond donors (Lipinski definition) is 0. The maximum atomic E-state index is 13.6. The van der Waals surface area contributed by atoms with Gasteiger partial charge in [-0.1, -0.05) is 17.7 Å². The zero-order valence-corrected chi connectivity index (χ0v) is 13.3. The van der Waals surface area contributed by atoms with Crippen LogP contribution in [0.1, 0.15) is 12.0 Å². The summed E-state index contributed by atoms with van der Waals surface area (Å²) in [5, 5.41) is 0.288. The van der Waals surface area contributed by atoms with Gasteiger partial charge in [-0.2, -0.15) is 0 Å². The Morgan fingerprint density at radius 1 is 1.09 bits per heavy atom. The molecule has 2 nitrogen and oxygen atoms in total. The van der Waals surface area contributed by atoms with Gasteiger partial charge in [0.1, 0.15) is 17.4 Å². The fourth-order valence-corrected chi connectivity index (χ4v) is 3.35. The molecule has 0 saturated heterocycles. The molecule has 22 heavy (non-hydrogen) atoms. The summed E-state index contributed by atoms with van der Waals surface area (Å²) in [5.41, 5.74) is 0.280. The molecule has 0 radical (unpaired) electrons. The van der Waals surface area contributed by atoms with Crippen LogP contribution in [-0.4, -0.2) is 16.6 Å². The Hall–Kier alpha value is -1.46. The number of halogens is 3. The molecular weight excluding hydrogens is 330 g/mol. The van der Waals surface area contributed by atoms with Gasteiger partial charge in [-0.05, 0) is 42.8 Å². The van der Waals surface area contributed by atoms with Crippen LogP contribution in [0.3, 0.4) is 0 Å². The highest BCUT2D eigenvalue weighted by atomic mass is 35.5. The number of benzene rings is 2. The number of rotatable bonds is 7. The quantitative estimate of drug-likeness (QED) is 0.698. The van der Waals surface area contributed by atoms with E-state index in [2.05, 4.69) is 0 Å².